The third kappa shape index (κ3) is 2.84. The summed E-state index contributed by atoms with van der Waals surface area (Å²) >= 11 is 0. The molecule has 0 unspecified atom stereocenters. The number of nitriles is 1. The molecule has 80 valence electrons. The smallest absolute Gasteiger partial charge is 0.120 e. The molecule has 1 aromatic heterocycles. The average Bonchev–Trinajstić information content (AvgIpc) is 2.97. The van der Waals surface area contributed by atoms with Gasteiger partial charge in [-0.2, -0.15) is 5.26 Å². The summed E-state index contributed by atoms with van der Waals surface area (Å²) in [7, 11) is 1.91. The molecule has 0 spiro atoms. The van der Waals surface area contributed by atoms with Gasteiger partial charge in [0.25, 0.3) is 0 Å². The van der Waals surface area contributed by atoms with E-state index in [0.717, 1.165) is 24.7 Å². The summed E-state index contributed by atoms with van der Waals surface area (Å²) < 4.78 is 1.87. The van der Waals surface area contributed by atoms with Crippen LogP contribution >= 0.6 is 0 Å². The molecule has 1 aromatic rings. The molecule has 1 heterocycles. The van der Waals surface area contributed by atoms with Crippen LogP contribution < -0.4 is 5.32 Å². The monoisotopic (exact) mass is 203 g/mol. The zero-order valence-corrected chi connectivity index (χ0v) is 9.16. The minimum absolute atomic E-state index is 0.731. The van der Waals surface area contributed by atoms with E-state index in [1.54, 1.807) is 0 Å². The van der Waals surface area contributed by atoms with E-state index >= 15 is 0 Å². The second kappa shape index (κ2) is 4.50. The Morgan fingerprint density at radius 1 is 1.60 bits per heavy atom. The molecule has 0 radical (unpaired) electrons. The molecule has 1 fully saturated rings. The van der Waals surface area contributed by atoms with Crippen LogP contribution in [0, 0.1) is 17.2 Å². The zero-order chi connectivity index (χ0) is 10.7. The van der Waals surface area contributed by atoms with Gasteiger partial charge in [0.1, 0.15) is 11.8 Å². The molecule has 3 heteroatoms. The van der Waals surface area contributed by atoms with Gasteiger partial charge in [-0.1, -0.05) is 12.8 Å². The molecule has 0 saturated heterocycles. The molecule has 3 nitrogen and oxygen atoms in total. The lowest BCUT2D eigenvalue weighted by Gasteiger charge is -2.01. The van der Waals surface area contributed by atoms with E-state index in [1.807, 2.05) is 23.9 Å². The Labute approximate surface area is 90.7 Å². The fourth-order valence-corrected chi connectivity index (χ4v) is 1.79. The van der Waals surface area contributed by atoms with Gasteiger partial charge in [-0.25, -0.2) is 0 Å². The Morgan fingerprint density at radius 2 is 2.40 bits per heavy atom. The van der Waals surface area contributed by atoms with Crippen LogP contribution in [0.15, 0.2) is 12.3 Å². The van der Waals surface area contributed by atoms with Crippen LogP contribution in [0.25, 0.3) is 0 Å². The lowest BCUT2D eigenvalue weighted by molar-refractivity contribution is 0.612. The highest BCUT2D eigenvalue weighted by Crippen LogP contribution is 2.31. The minimum atomic E-state index is 0.731. The Morgan fingerprint density at radius 3 is 3.00 bits per heavy atom. The van der Waals surface area contributed by atoms with Gasteiger partial charge in [-0.05, 0) is 30.5 Å². The molecular weight excluding hydrogens is 186 g/mol. The van der Waals surface area contributed by atoms with E-state index in [9.17, 15) is 0 Å². The Hall–Kier alpha value is -1.27. The second-order valence-electron chi connectivity index (χ2n) is 4.37. The van der Waals surface area contributed by atoms with Gasteiger partial charge in [0.2, 0.25) is 0 Å². The summed E-state index contributed by atoms with van der Waals surface area (Å²) in [5.41, 5.74) is 1.93. The molecule has 0 atom stereocenters. The standard InChI is InChI=1S/C12H17N3/c1-15-9-11(6-12(15)7-13)8-14-5-4-10-2-3-10/h6,9-10,14H,2-5,8H2,1H3. The third-order valence-electron chi connectivity index (χ3n) is 2.93. The second-order valence-corrected chi connectivity index (χ2v) is 4.37. The lowest BCUT2D eigenvalue weighted by atomic mass is 10.2. The Balaban J connectivity index is 1.74. The first-order valence-electron chi connectivity index (χ1n) is 5.55. The van der Waals surface area contributed by atoms with E-state index in [2.05, 4.69) is 11.4 Å². The number of nitrogens with one attached hydrogen (secondary N) is 1. The molecule has 2 rings (SSSR count). The Kier molecular flexibility index (Phi) is 3.08. The maximum absolute atomic E-state index is 8.79. The van der Waals surface area contributed by atoms with Crippen molar-refractivity contribution in [3.63, 3.8) is 0 Å². The highest BCUT2D eigenvalue weighted by molar-refractivity contribution is 5.28. The van der Waals surface area contributed by atoms with E-state index in [1.165, 1.54) is 24.8 Å². The van der Waals surface area contributed by atoms with Crippen molar-refractivity contribution in [3.8, 4) is 6.07 Å². The van der Waals surface area contributed by atoms with Crippen LogP contribution in [0.2, 0.25) is 0 Å². The van der Waals surface area contributed by atoms with E-state index < -0.39 is 0 Å². The minimum Gasteiger partial charge on any atom is -0.342 e. The molecule has 1 aliphatic carbocycles. The van der Waals surface area contributed by atoms with Gasteiger partial charge < -0.3 is 9.88 Å². The molecule has 0 aliphatic heterocycles. The summed E-state index contributed by atoms with van der Waals surface area (Å²) in [6.07, 6.45) is 6.16. The van der Waals surface area contributed by atoms with Crippen molar-refractivity contribution in [1.29, 1.82) is 5.26 Å². The molecule has 1 N–H and O–H groups in total. The predicted octanol–water partition coefficient (Wildman–Crippen LogP) is 1.79. The van der Waals surface area contributed by atoms with E-state index in [4.69, 9.17) is 5.26 Å². The molecule has 15 heavy (non-hydrogen) atoms. The largest absolute Gasteiger partial charge is 0.342 e. The van der Waals surface area contributed by atoms with Gasteiger partial charge in [0, 0.05) is 19.8 Å². The first kappa shape index (κ1) is 10.3. The Bertz CT molecular complexity index is 369. The first-order valence-corrected chi connectivity index (χ1v) is 5.55. The normalized spacial score (nSPS) is 15.2. The van der Waals surface area contributed by atoms with Crippen molar-refractivity contribution >= 4 is 0 Å². The number of hydrogen-bond donors (Lipinski definition) is 1. The molecular formula is C12H17N3. The highest BCUT2D eigenvalue weighted by atomic mass is 14.9. The van der Waals surface area contributed by atoms with Gasteiger partial charge in [-0.3, -0.25) is 0 Å². The highest BCUT2D eigenvalue weighted by Gasteiger charge is 2.19. The van der Waals surface area contributed by atoms with Crippen molar-refractivity contribution in [2.24, 2.45) is 13.0 Å². The van der Waals surface area contributed by atoms with Crippen molar-refractivity contribution in [2.45, 2.75) is 25.8 Å². The van der Waals surface area contributed by atoms with Crippen molar-refractivity contribution in [3.05, 3.63) is 23.5 Å². The number of nitrogens with zero attached hydrogens (tertiary/aromatic N) is 2. The van der Waals surface area contributed by atoms with E-state index in [-0.39, 0.29) is 0 Å². The predicted molar refractivity (Wildman–Crippen MR) is 59.2 cm³/mol. The maximum atomic E-state index is 8.79. The van der Waals surface area contributed by atoms with Crippen LogP contribution in [0.3, 0.4) is 0 Å². The quantitative estimate of drug-likeness (QED) is 0.741. The summed E-state index contributed by atoms with van der Waals surface area (Å²) in [5, 5.41) is 12.2. The van der Waals surface area contributed by atoms with Gasteiger partial charge in [-0.15, -0.1) is 0 Å². The summed E-state index contributed by atoms with van der Waals surface area (Å²) in [4.78, 5) is 0. The zero-order valence-electron chi connectivity index (χ0n) is 9.16. The molecule has 0 bridgehead atoms. The fraction of sp³-hybridized carbons (Fsp3) is 0.583. The molecule has 0 amide bonds. The van der Waals surface area contributed by atoms with Gasteiger partial charge in [0.05, 0.1) is 0 Å². The molecule has 0 aromatic carbocycles. The first-order chi connectivity index (χ1) is 7.29. The number of aromatic nitrogens is 1. The SMILES string of the molecule is Cn1cc(CNCCC2CC2)cc1C#N. The van der Waals surface area contributed by atoms with Crippen molar-refractivity contribution < 1.29 is 0 Å². The van der Waals surface area contributed by atoms with Gasteiger partial charge in [0.15, 0.2) is 0 Å². The number of rotatable bonds is 5. The molecule has 1 aliphatic rings. The number of aryl methyl sites for hydroxylation is 1. The van der Waals surface area contributed by atoms with Crippen LogP contribution in [0.5, 0.6) is 0 Å². The van der Waals surface area contributed by atoms with Crippen LogP contribution in [-0.4, -0.2) is 11.1 Å². The summed E-state index contributed by atoms with van der Waals surface area (Å²) in [5.74, 6) is 0.989. The van der Waals surface area contributed by atoms with Crippen molar-refractivity contribution in [1.82, 2.24) is 9.88 Å². The maximum Gasteiger partial charge on any atom is 0.120 e. The van der Waals surface area contributed by atoms with Crippen LogP contribution in [-0.2, 0) is 13.6 Å². The average molecular weight is 203 g/mol. The van der Waals surface area contributed by atoms with E-state index in [0.29, 0.717) is 0 Å². The lowest BCUT2D eigenvalue weighted by Crippen LogP contribution is -2.14. The summed E-state index contributed by atoms with van der Waals surface area (Å²) in [6.45, 7) is 1.98. The number of hydrogen-bond acceptors (Lipinski definition) is 2. The van der Waals surface area contributed by atoms with Gasteiger partial charge >= 0.3 is 0 Å². The fourth-order valence-electron chi connectivity index (χ4n) is 1.79. The summed E-state index contributed by atoms with van der Waals surface area (Å²) in [6, 6.07) is 4.12. The third-order valence-corrected chi connectivity index (χ3v) is 2.93. The topological polar surface area (TPSA) is 40.8 Å². The van der Waals surface area contributed by atoms with Crippen LogP contribution in [0.4, 0.5) is 0 Å². The van der Waals surface area contributed by atoms with Crippen LogP contribution in [0.1, 0.15) is 30.5 Å². The molecule has 1 saturated carbocycles. The van der Waals surface area contributed by atoms with Crippen molar-refractivity contribution in [2.75, 3.05) is 6.54 Å².